The van der Waals surface area contributed by atoms with Crippen molar-refractivity contribution in [2.75, 3.05) is 0 Å². The Kier molecular flexibility index (Phi) is 8.82. The van der Waals surface area contributed by atoms with Crippen molar-refractivity contribution < 1.29 is 0 Å². The van der Waals surface area contributed by atoms with Crippen LogP contribution in [0.15, 0.2) is 218 Å². The Hall–Kier alpha value is -6.50. The van der Waals surface area contributed by atoms with Gasteiger partial charge >= 0.3 is 0 Å². The minimum atomic E-state index is 1.17. The molecule has 236 valence electrons. The molecule has 0 aromatic heterocycles. The van der Waals surface area contributed by atoms with E-state index in [-0.39, 0.29) is 0 Å². The van der Waals surface area contributed by atoms with Crippen LogP contribution in [-0.4, -0.2) is 0 Å². The lowest BCUT2D eigenvalue weighted by molar-refractivity contribution is 1.49. The van der Waals surface area contributed by atoms with E-state index in [0.717, 1.165) is 0 Å². The summed E-state index contributed by atoms with van der Waals surface area (Å²) in [6, 6.07) is 78.6. The molecule has 0 nitrogen and oxygen atoms in total. The fourth-order valence-electron chi connectivity index (χ4n) is 6.75. The summed E-state index contributed by atoms with van der Waals surface area (Å²) >= 11 is 0. The van der Waals surface area contributed by atoms with Crippen LogP contribution in [0.1, 0.15) is 22.3 Å². The van der Waals surface area contributed by atoms with Crippen molar-refractivity contribution in [3.05, 3.63) is 241 Å². The Labute approximate surface area is 295 Å². The summed E-state index contributed by atoms with van der Waals surface area (Å²) in [5.41, 5.74) is 16.8. The molecule has 0 saturated carbocycles. The molecule has 0 atom stereocenters. The number of benzene rings is 8. The van der Waals surface area contributed by atoms with Crippen molar-refractivity contribution in [1.82, 2.24) is 0 Å². The number of hydrogen-bond acceptors (Lipinski definition) is 0. The molecule has 0 spiro atoms. The van der Waals surface area contributed by atoms with E-state index in [9.17, 15) is 0 Å². The molecule has 0 aliphatic heterocycles. The van der Waals surface area contributed by atoms with E-state index in [1.54, 1.807) is 0 Å². The first kappa shape index (κ1) is 30.8. The Bertz CT molecular complexity index is 1970. The van der Waals surface area contributed by atoms with Gasteiger partial charge in [0.25, 0.3) is 0 Å². The van der Waals surface area contributed by atoms with Gasteiger partial charge in [-0.2, -0.15) is 0 Å². The molecule has 0 unspecified atom stereocenters. The summed E-state index contributed by atoms with van der Waals surface area (Å²) < 4.78 is 0. The van der Waals surface area contributed by atoms with Crippen LogP contribution in [0, 0.1) is 0 Å². The standard InChI is InChI=1S/C50H36/c1-5-13-37(14-6-1)41-21-29-45(30-22-41)49(46-31-23-42(24-32-46)38-15-7-2-8-16-38)50(47-33-25-43(26-34-47)39-17-9-3-10-18-39)48-35-27-44(28-36-48)40-19-11-4-12-20-40/h1-36H. The Morgan fingerprint density at radius 3 is 0.500 bits per heavy atom. The second-order valence-corrected chi connectivity index (χ2v) is 12.5. The van der Waals surface area contributed by atoms with Gasteiger partial charge in [-0.1, -0.05) is 218 Å². The second kappa shape index (κ2) is 14.3. The van der Waals surface area contributed by atoms with Gasteiger partial charge in [-0.25, -0.2) is 0 Å². The first-order valence-corrected chi connectivity index (χ1v) is 17.2. The van der Waals surface area contributed by atoms with E-state index in [4.69, 9.17) is 0 Å². The molecule has 8 aromatic rings. The van der Waals surface area contributed by atoms with E-state index in [1.807, 2.05) is 0 Å². The van der Waals surface area contributed by atoms with Crippen molar-refractivity contribution in [3.8, 4) is 44.5 Å². The van der Waals surface area contributed by atoms with Gasteiger partial charge in [0.05, 0.1) is 0 Å². The van der Waals surface area contributed by atoms with Crippen LogP contribution in [0.4, 0.5) is 0 Å². The monoisotopic (exact) mass is 636 g/mol. The molecule has 0 saturated heterocycles. The highest BCUT2D eigenvalue weighted by Gasteiger charge is 2.18. The molecule has 0 aliphatic carbocycles. The van der Waals surface area contributed by atoms with Crippen LogP contribution >= 0.6 is 0 Å². The average Bonchev–Trinajstić information content (AvgIpc) is 3.22. The first-order valence-electron chi connectivity index (χ1n) is 17.2. The lowest BCUT2D eigenvalue weighted by Crippen LogP contribution is -1.98. The Balaban J connectivity index is 1.33. The van der Waals surface area contributed by atoms with Gasteiger partial charge in [0.1, 0.15) is 0 Å². The molecule has 8 aromatic carbocycles. The van der Waals surface area contributed by atoms with E-state index in [0.29, 0.717) is 0 Å². The van der Waals surface area contributed by atoms with Gasteiger partial charge in [0.15, 0.2) is 0 Å². The Morgan fingerprint density at radius 1 is 0.160 bits per heavy atom. The first-order chi connectivity index (χ1) is 24.8. The summed E-state index contributed by atoms with van der Waals surface area (Å²) in [6.07, 6.45) is 0. The summed E-state index contributed by atoms with van der Waals surface area (Å²) in [6.45, 7) is 0. The second-order valence-electron chi connectivity index (χ2n) is 12.5. The third-order valence-electron chi connectivity index (χ3n) is 9.37. The van der Waals surface area contributed by atoms with E-state index in [1.165, 1.54) is 77.9 Å². The molecule has 50 heavy (non-hydrogen) atoms. The van der Waals surface area contributed by atoms with Crippen molar-refractivity contribution >= 4 is 11.1 Å². The zero-order valence-corrected chi connectivity index (χ0v) is 27.8. The molecule has 0 radical (unpaired) electrons. The van der Waals surface area contributed by atoms with Gasteiger partial charge in [-0.05, 0) is 77.9 Å². The molecule has 0 amide bonds. The smallest absolute Gasteiger partial charge is 0.00268 e. The molecule has 8 rings (SSSR count). The molecule has 0 heteroatoms. The average molecular weight is 637 g/mol. The van der Waals surface area contributed by atoms with Gasteiger partial charge in [-0.3, -0.25) is 0 Å². The predicted molar refractivity (Wildman–Crippen MR) is 213 cm³/mol. The SMILES string of the molecule is c1ccc(-c2ccc(C(=C(c3ccc(-c4ccccc4)cc3)c3ccc(-c4ccccc4)cc3)c3ccc(-c4ccccc4)cc3)cc2)cc1. The third-order valence-corrected chi connectivity index (χ3v) is 9.37. The van der Waals surface area contributed by atoms with Crippen LogP contribution in [0.25, 0.3) is 55.7 Å². The minimum Gasteiger partial charge on any atom is -0.0622 e. The van der Waals surface area contributed by atoms with Crippen molar-refractivity contribution in [2.45, 2.75) is 0 Å². The van der Waals surface area contributed by atoms with Crippen LogP contribution in [0.5, 0.6) is 0 Å². The quantitative estimate of drug-likeness (QED) is 0.146. The van der Waals surface area contributed by atoms with E-state index >= 15 is 0 Å². The zero-order chi connectivity index (χ0) is 33.5. The van der Waals surface area contributed by atoms with E-state index in [2.05, 4.69) is 218 Å². The Morgan fingerprint density at radius 2 is 0.320 bits per heavy atom. The van der Waals surface area contributed by atoms with Crippen LogP contribution < -0.4 is 0 Å². The molecule has 0 aliphatic rings. The third kappa shape index (κ3) is 6.61. The van der Waals surface area contributed by atoms with Gasteiger partial charge in [0, 0.05) is 0 Å². The lowest BCUT2D eigenvalue weighted by atomic mass is 9.84. The summed E-state index contributed by atoms with van der Waals surface area (Å²) in [5.74, 6) is 0. The number of rotatable bonds is 8. The summed E-state index contributed by atoms with van der Waals surface area (Å²) in [7, 11) is 0. The van der Waals surface area contributed by atoms with Gasteiger partial charge < -0.3 is 0 Å². The largest absolute Gasteiger partial charge is 0.0622 e. The maximum absolute atomic E-state index is 2.28. The van der Waals surface area contributed by atoms with Gasteiger partial charge in [-0.15, -0.1) is 0 Å². The molecular weight excluding hydrogens is 601 g/mol. The van der Waals surface area contributed by atoms with E-state index < -0.39 is 0 Å². The topological polar surface area (TPSA) is 0 Å². The predicted octanol–water partition coefficient (Wildman–Crippen LogP) is 13.4. The summed E-state index contributed by atoms with van der Waals surface area (Å²) in [5, 5.41) is 0. The van der Waals surface area contributed by atoms with Crippen LogP contribution in [-0.2, 0) is 0 Å². The lowest BCUT2D eigenvalue weighted by Gasteiger charge is -2.19. The van der Waals surface area contributed by atoms with Gasteiger partial charge in [0.2, 0.25) is 0 Å². The normalized spacial score (nSPS) is 10.8. The molecular formula is C50H36. The van der Waals surface area contributed by atoms with Crippen molar-refractivity contribution in [2.24, 2.45) is 0 Å². The maximum Gasteiger partial charge on any atom is -0.00268 e. The maximum atomic E-state index is 2.28. The fraction of sp³-hybridized carbons (Fsp3) is 0. The highest BCUT2D eigenvalue weighted by Crippen LogP contribution is 2.39. The van der Waals surface area contributed by atoms with Crippen molar-refractivity contribution in [3.63, 3.8) is 0 Å². The van der Waals surface area contributed by atoms with Crippen LogP contribution in [0.3, 0.4) is 0 Å². The van der Waals surface area contributed by atoms with Crippen molar-refractivity contribution in [1.29, 1.82) is 0 Å². The number of hydrogen-bond donors (Lipinski definition) is 0. The highest BCUT2D eigenvalue weighted by atomic mass is 14.2. The van der Waals surface area contributed by atoms with Crippen LogP contribution in [0.2, 0.25) is 0 Å². The zero-order valence-electron chi connectivity index (χ0n) is 27.8. The molecule has 0 heterocycles. The molecule has 0 fully saturated rings. The molecule has 0 bridgehead atoms. The highest BCUT2D eigenvalue weighted by molar-refractivity contribution is 6.05. The fourth-order valence-corrected chi connectivity index (χ4v) is 6.75. The summed E-state index contributed by atoms with van der Waals surface area (Å²) in [4.78, 5) is 0. The minimum absolute atomic E-state index is 1.17. The molecule has 0 N–H and O–H groups in total.